The van der Waals surface area contributed by atoms with Crippen molar-refractivity contribution in [2.75, 3.05) is 5.32 Å². The summed E-state index contributed by atoms with van der Waals surface area (Å²) in [5.41, 5.74) is 2.48. The molecular formula is C21H16F2N4O3. The molecule has 0 fully saturated rings. The second-order valence-corrected chi connectivity index (χ2v) is 6.56. The lowest BCUT2D eigenvalue weighted by molar-refractivity contribution is 0.101. The van der Waals surface area contributed by atoms with E-state index in [1.165, 1.54) is 23.0 Å². The van der Waals surface area contributed by atoms with Gasteiger partial charge in [-0.1, -0.05) is 19.1 Å². The van der Waals surface area contributed by atoms with Gasteiger partial charge >= 0.3 is 5.76 Å². The highest BCUT2D eigenvalue weighted by Crippen LogP contribution is 2.29. The van der Waals surface area contributed by atoms with Crippen LogP contribution in [0.5, 0.6) is 0 Å². The highest BCUT2D eigenvalue weighted by molar-refractivity contribution is 6.04. The summed E-state index contributed by atoms with van der Waals surface area (Å²) in [6.45, 7) is 1.93. The van der Waals surface area contributed by atoms with E-state index in [9.17, 15) is 18.4 Å². The Hall–Kier alpha value is -3.88. The number of fused-ring (bicyclic) bond motifs is 1. The largest absolute Gasteiger partial charge is 0.419 e. The van der Waals surface area contributed by atoms with Crippen molar-refractivity contribution in [3.63, 3.8) is 0 Å². The molecule has 4 rings (SSSR count). The number of carbonyl (C=O) groups is 1. The Labute approximate surface area is 169 Å². The van der Waals surface area contributed by atoms with E-state index in [2.05, 4.69) is 15.3 Å². The van der Waals surface area contributed by atoms with E-state index in [1.54, 1.807) is 13.1 Å². The Morgan fingerprint density at radius 1 is 1.13 bits per heavy atom. The van der Waals surface area contributed by atoms with Crippen molar-refractivity contribution >= 4 is 22.8 Å². The number of nitrogens with one attached hydrogen (secondary N) is 1. The molecule has 2 heterocycles. The standard InChI is InChI=1S/C21H16F2N4O3/c1-3-11-12(7-8-16-19(11)30-21(29)27(16)2)15-9-25-17(10-24-15)26-20(28)18-13(22)5-4-6-14(18)23/h4-10H,3H2,1-2H3,(H,25,26,28). The van der Waals surface area contributed by atoms with Gasteiger partial charge in [0.1, 0.15) is 17.2 Å². The first kappa shape index (κ1) is 19.4. The van der Waals surface area contributed by atoms with Crippen LogP contribution in [-0.4, -0.2) is 20.4 Å². The molecule has 2 aromatic carbocycles. The Morgan fingerprint density at radius 3 is 2.50 bits per heavy atom. The second-order valence-electron chi connectivity index (χ2n) is 6.56. The topological polar surface area (TPSA) is 90.0 Å². The molecule has 7 nitrogen and oxygen atoms in total. The first-order chi connectivity index (χ1) is 14.4. The van der Waals surface area contributed by atoms with Crippen LogP contribution in [0.2, 0.25) is 0 Å². The SMILES string of the molecule is CCc1c(-c2cnc(NC(=O)c3c(F)cccc3F)cn2)ccc2c1oc(=O)n2C. The number of amides is 1. The minimum atomic E-state index is -0.970. The number of rotatable bonds is 4. The molecule has 0 aliphatic rings. The summed E-state index contributed by atoms with van der Waals surface area (Å²) in [6, 6.07) is 6.74. The zero-order chi connectivity index (χ0) is 21.4. The summed E-state index contributed by atoms with van der Waals surface area (Å²) in [6.07, 6.45) is 3.30. The number of halogens is 2. The fourth-order valence-electron chi connectivity index (χ4n) is 3.26. The van der Waals surface area contributed by atoms with Gasteiger partial charge < -0.3 is 9.73 Å². The fraction of sp³-hybridized carbons (Fsp3) is 0.143. The second kappa shape index (κ2) is 7.51. The molecule has 9 heteroatoms. The van der Waals surface area contributed by atoms with Gasteiger partial charge in [-0.15, -0.1) is 0 Å². The zero-order valence-corrected chi connectivity index (χ0v) is 16.1. The normalized spacial score (nSPS) is 11.1. The number of anilines is 1. The van der Waals surface area contributed by atoms with Gasteiger partial charge in [0, 0.05) is 18.2 Å². The lowest BCUT2D eigenvalue weighted by Crippen LogP contribution is -2.16. The van der Waals surface area contributed by atoms with Gasteiger partial charge in [-0.05, 0) is 24.6 Å². The van der Waals surface area contributed by atoms with E-state index in [0.29, 0.717) is 23.2 Å². The number of nitrogens with zero attached hydrogens (tertiary/aromatic N) is 3. The molecule has 0 aliphatic heterocycles. The summed E-state index contributed by atoms with van der Waals surface area (Å²) in [5, 5.41) is 2.33. The maximum Gasteiger partial charge on any atom is 0.419 e. The minimum absolute atomic E-state index is 0.0387. The third-order valence-electron chi connectivity index (χ3n) is 4.78. The summed E-state index contributed by atoms with van der Waals surface area (Å²) in [5.74, 6) is -3.32. The zero-order valence-electron chi connectivity index (χ0n) is 16.1. The van der Waals surface area contributed by atoms with E-state index in [4.69, 9.17) is 4.42 Å². The number of benzene rings is 2. The lowest BCUT2D eigenvalue weighted by Gasteiger charge is -2.09. The summed E-state index contributed by atoms with van der Waals surface area (Å²) in [7, 11) is 1.63. The van der Waals surface area contributed by atoms with Crippen LogP contribution in [0.25, 0.3) is 22.4 Å². The number of aryl methyl sites for hydroxylation is 2. The van der Waals surface area contributed by atoms with Gasteiger partial charge in [-0.2, -0.15) is 0 Å². The molecule has 0 saturated heterocycles. The van der Waals surface area contributed by atoms with Crippen LogP contribution < -0.4 is 11.1 Å². The van der Waals surface area contributed by atoms with Crippen LogP contribution in [0.1, 0.15) is 22.8 Å². The van der Waals surface area contributed by atoms with Crippen LogP contribution in [-0.2, 0) is 13.5 Å². The molecule has 0 radical (unpaired) electrons. The number of hydrogen-bond acceptors (Lipinski definition) is 5. The van der Waals surface area contributed by atoms with Crippen molar-refractivity contribution in [3.05, 3.63) is 76.0 Å². The molecule has 0 atom stereocenters. The maximum atomic E-state index is 13.8. The molecule has 152 valence electrons. The molecule has 1 N–H and O–H groups in total. The summed E-state index contributed by atoms with van der Waals surface area (Å²) in [4.78, 5) is 32.4. The van der Waals surface area contributed by atoms with Crippen LogP contribution in [0.3, 0.4) is 0 Å². The fourth-order valence-corrected chi connectivity index (χ4v) is 3.26. The number of oxazole rings is 1. The molecule has 0 unspecified atom stereocenters. The van der Waals surface area contributed by atoms with Crippen LogP contribution in [0, 0.1) is 11.6 Å². The predicted molar refractivity (Wildman–Crippen MR) is 106 cm³/mol. The van der Waals surface area contributed by atoms with E-state index in [1.807, 2.05) is 13.0 Å². The lowest BCUT2D eigenvalue weighted by atomic mass is 10.0. The first-order valence-electron chi connectivity index (χ1n) is 9.10. The van der Waals surface area contributed by atoms with Crippen molar-refractivity contribution in [1.29, 1.82) is 0 Å². The van der Waals surface area contributed by atoms with Crippen molar-refractivity contribution in [1.82, 2.24) is 14.5 Å². The maximum absolute atomic E-state index is 13.8. The van der Waals surface area contributed by atoms with E-state index >= 15 is 0 Å². The molecule has 0 spiro atoms. The highest BCUT2D eigenvalue weighted by Gasteiger charge is 2.19. The van der Waals surface area contributed by atoms with E-state index in [0.717, 1.165) is 23.3 Å². The number of carbonyl (C=O) groups excluding carboxylic acids is 1. The molecule has 2 aromatic heterocycles. The van der Waals surface area contributed by atoms with Gasteiger partial charge in [-0.3, -0.25) is 14.3 Å². The monoisotopic (exact) mass is 410 g/mol. The first-order valence-corrected chi connectivity index (χ1v) is 9.10. The van der Waals surface area contributed by atoms with Gasteiger partial charge in [0.05, 0.1) is 23.6 Å². The number of hydrogen-bond donors (Lipinski definition) is 1. The number of aromatic nitrogens is 3. The Bertz CT molecular complexity index is 1310. The Balaban J connectivity index is 1.66. The Morgan fingerprint density at radius 2 is 1.87 bits per heavy atom. The average Bonchev–Trinajstić information content (AvgIpc) is 3.02. The van der Waals surface area contributed by atoms with E-state index < -0.39 is 28.9 Å². The molecule has 0 aliphatic carbocycles. The van der Waals surface area contributed by atoms with Crippen molar-refractivity contribution in [2.24, 2.45) is 7.05 Å². The smallest absolute Gasteiger partial charge is 0.407 e. The molecule has 4 aromatic rings. The van der Waals surface area contributed by atoms with Gasteiger partial charge in [0.15, 0.2) is 11.4 Å². The summed E-state index contributed by atoms with van der Waals surface area (Å²) >= 11 is 0. The molecule has 1 amide bonds. The van der Waals surface area contributed by atoms with Crippen LogP contribution in [0.15, 0.2) is 51.9 Å². The molecule has 30 heavy (non-hydrogen) atoms. The molecular weight excluding hydrogens is 394 g/mol. The van der Waals surface area contributed by atoms with Crippen LogP contribution in [0.4, 0.5) is 14.6 Å². The minimum Gasteiger partial charge on any atom is -0.407 e. The average molecular weight is 410 g/mol. The quantitative estimate of drug-likeness (QED) is 0.554. The third-order valence-corrected chi connectivity index (χ3v) is 4.78. The van der Waals surface area contributed by atoms with Gasteiger partial charge in [0.25, 0.3) is 5.91 Å². The van der Waals surface area contributed by atoms with Gasteiger partial charge in [0.2, 0.25) is 0 Å². The Kier molecular flexibility index (Phi) is 4.86. The van der Waals surface area contributed by atoms with E-state index in [-0.39, 0.29) is 5.82 Å². The highest BCUT2D eigenvalue weighted by atomic mass is 19.1. The molecule has 0 saturated carbocycles. The predicted octanol–water partition coefficient (Wildman–Crippen LogP) is 3.68. The van der Waals surface area contributed by atoms with Gasteiger partial charge in [-0.25, -0.2) is 18.6 Å². The van der Waals surface area contributed by atoms with Crippen molar-refractivity contribution < 1.29 is 18.0 Å². The summed E-state index contributed by atoms with van der Waals surface area (Å²) < 4.78 is 34.3. The molecule has 0 bridgehead atoms. The van der Waals surface area contributed by atoms with Crippen LogP contribution >= 0.6 is 0 Å². The third kappa shape index (κ3) is 3.24. The van der Waals surface area contributed by atoms with Crippen molar-refractivity contribution in [3.8, 4) is 11.3 Å². The van der Waals surface area contributed by atoms with Crippen molar-refractivity contribution in [2.45, 2.75) is 13.3 Å².